The molecule has 1 fully saturated rings. The first-order valence-corrected chi connectivity index (χ1v) is 10.7. The van der Waals surface area contributed by atoms with Crippen LogP contribution in [0.5, 0.6) is 0 Å². The van der Waals surface area contributed by atoms with Gasteiger partial charge in [0, 0.05) is 11.1 Å². The fourth-order valence-corrected chi connectivity index (χ4v) is 4.15. The van der Waals surface area contributed by atoms with E-state index in [1.54, 1.807) is 18.2 Å². The van der Waals surface area contributed by atoms with Crippen LogP contribution < -0.4 is 16.4 Å². The molecule has 1 saturated heterocycles. The highest BCUT2D eigenvalue weighted by atomic mass is 32.2. The molecule has 0 aliphatic carbocycles. The zero-order valence-corrected chi connectivity index (χ0v) is 17.4. The largest absolute Gasteiger partial charge is 0.398 e. The Kier molecular flexibility index (Phi) is 6.19. The highest BCUT2D eigenvalue weighted by Gasteiger charge is 2.58. The van der Waals surface area contributed by atoms with Gasteiger partial charge in [-0.05, 0) is 12.1 Å². The average molecular weight is 468 g/mol. The van der Waals surface area contributed by atoms with Crippen molar-refractivity contribution in [1.29, 1.82) is 0 Å². The smallest absolute Gasteiger partial charge is 0.363 e. The standard InChI is InChI=1S/C16H16N6O7S2/c1-29-21-10(9-7-30-16(17)19-9)13(23)20-11-12(22(15(11)25)31(26,27)28)14(24)18-8-5-3-2-4-6-8/h2-7,11-12H,1H3,(H2,17,19)(H,18,24)(H,20,23)(H,26,27,28)/t11-,12-/m1/s1. The van der Waals surface area contributed by atoms with Crippen molar-refractivity contribution < 1.29 is 32.2 Å². The molecule has 1 aliphatic heterocycles. The quantitative estimate of drug-likeness (QED) is 0.174. The number of amides is 3. The van der Waals surface area contributed by atoms with E-state index >= 15 is 0 Å². The van der Waals surface area contributed by atoms with E-state index in [4.69, 9.17) is 5.73 Å². The topological polar surface area (TPSA) is 193 Å². The van der Waals surface area contributed by atoms with Gasteiger partial charge in [0.25, 0.3) is 17.7 Å². The molecule has 0 radical (unpaired) electrons. The zero-order valence-electron chi connectivity index (χ0n) is 15.8. The number of β-lactam (4-membered cyclic amide) rings is 1. The Balaban J connectivity index is 1.85. The van der Waals surface area contributed by atoms with E-state index in [0.717, 1.165) is 11.3 Å². The number of thiazole rings is 1. The lowest BCUT2D eigenvalue weighted by molar-refractivity contribution is -0.150. The molecule has 31 heavy (non-hydrogen) atoms. The zero-order chi connectivity index (χ0) is 22.8. The lowest BCUT2D eigenvalue weighted by Crippen LogP contribution is -2.75. The first kappa shape index (κ1) is 22.1. The van der Waals surface area contributed by atoms with Gasteiger partial charge in [0.15, 0.2) is 16.9 Å². The van der Waals surface area contributed by atoms with Crippen molar-refractivity contribution in [3.8, 4) is 0 Å². The molecule has 1 aliphatic rings. The molecule has 0 unspecified atom stereocenters. The number of nitrogen functional groups attached to an aromatic ring is 1. The van der Waals surface area contributed by atoms with E-state index in [1.165, 1.54) is 24.6 Å². The number of oxime groups is 1. The Hall–Kier alpha value is -3.56. The van der Waals surface area contributed by atoms with Crippen LogP contribution in [0.3, 0.4) is 0 Å². The maximum atomic E-state index is 12.7. The van der Waals surface area contributed by atoms with E-state index in [1.807, 2.05) is 0 Å². The number of nitrogens with zero attached hydrogens (tertiary/aromatic N) is 3. The Labute approximate surface area is 179 Å². The monoisotopic (exact) mass is 468 g/mol. The van der Waals surface area contributed by atoms with Crippen LogP contribution in [0, 0.1) is 0 Å². The van der Waals surface area contributed by atoms with E-state index in [9.17, 15) is 27.4 Å². The number of aromatic nitrogens is 1. The predicted molar refractivity (Wildman–Crippen MR) is 109 cm³/mol. The maximum absolute atomic E-state index is 12.7. The molecule has 2 heterocycles. The minimum Gasteiger partial charge on any atom is -0.398 e. The summed E-state index contributed by atoms with van der Waals surface area (Å²) in [6.07, 6.45) is 0. The second-order valence-corrected chi connectivity index (χ2v) is 8.24. The van der Waals surface area contributed by atoms with E-state index in [2.05, 4.69) is 25.6 Å². The number of para-hydroxylation sites is 1. The number of carbonyl (C=O) groups excluding carboxylic acids is 3. The summed E-state index contributed by atoms with van der Waals surface area (Å²) in [5.74, 6) is -3.13. The van der Waals surface area contributed by atoms with Crippen molar-refractivity contribution in [1.82, 2.24) is 14.6 Å². The maximum Gasteiger partial charge on any atom is 0.363 e. The van der Waals surface area contributed by atoms with Crippen molar-refractivity contribution in [3.63, 3.8) is 0 Å². The van der Waals surface area contributed by atoms with Crippen LogP contribution >= 0.6 is 11.3 Å². The fourth-order valence-electron chi connectivity index (χ4n) is 2.76. The number of anilines is 2. The molecule has 1 aromatic carbocycles. The number of nitrogens with two attached hydrogens (primary N) is 1. The van der Waals surface area contributed by atoms with E-state index < -0.39 is 40.1 Å². The summed E-state index contributed by atoms with van der Waals surface area (Å²) in [5, 5.41) is 9.75. The summed E-state index contributed by atoms with van der Waals surface area (Å²) in [6.45, 7) is 0. The first-order valence-electron chi connectivity index (χ1n) is 8.43. The van der Waals surface area contributed by atoms with Crippen LogP contribution in [0.1, 0.15) is 5.69 Å². The van der Waals surface area contributed by atoms with Gasteiger partial charge in [0.2, 0.25) is 0 Å². The Morgan fingerprint density at radius 3 is 2.55 bits per heavy atom. The minimum absolute atomic E-state index is 0.0236. The third-order valence-corrected chi connectivity index (χ3v) is 5.64. The third kappa shape index (κ3) is 4.62. The normalized spacial score (nSPS) is 18.8. The van der Waals surface area contributed by atoms with Crippen LogP contribution in [-0.4, -0.2) is 64.9 Å². The number of hydrogen-bond acceptors (Lipinski definition) is 10. The van der Waals surface area contributed by atoms with Crippen molar-refractivity contribution in [2.45, 2.75) is 12.1 Å². The Bertz CT molecular complexity index is 1150. The van der Waals surface area contributed by atoms with Crippen LogP contribution in [-0.2, 0) is 29.5 Å². The third-order valence-electron chi connectivity index (χ3n) is 4.06. The highest BCUT2D eigenvalue weighted by molar-refractivity contribution is 7.84. The molecule has 3 amide bonds. The predicted octanol–water partition coefficient (Wildman–Crippen LogP) is -0.787. The Morgan fingerprint density at radius 1 is 1.32 bits per heavy atom. The molecule has 15 heteroatoms. The van der Waals surface area contributed by atoms with Gasteiger partial charge in [-0.2, -0.15) is 12.7 Å². The molecule has 0 spiro atoms. The van der Waals surface area contributed by atoms with Crippen LogP contribution in [0.25, 0.3) is 0 Å². The van der Waals surface area contributed by atoms with Crippen LogP contribution in [0.15, 0.2) is 40.9 Å². The molecule has 3 rings (SSSR count). The van der Waals surface area contributed by atoms with Crippen LogP contribution in [0.4, 0.5) is 10.8 Å². The van der Waals surface area contributed by atoms with Crippen molar-refractivity contribution in [3.05, 3.63) is 41.4 Å². The summed E-state index contributed by atoms with van der Waals surface area (Å²) in [4.78, 5) is 46.1. The fraction of sp³-hybridized carbons (Fsp3) is 0.188. The lowest BCUT2D eigenvalue weighted by atomic mass is 9.97. The molecule has 2 aromatic rings. The van der Waals surface area contributed by atoms with Gasteiger partial charge in [-0.15, -0.1) is 11.3 Å². The number of carbonyl (C=O) groups is 3. The van der Waals surface area contributed by atoms with Crippen molar-refractivity contribution in [2.75, 3.05) is 18.2 Å². The van der Waals surface area contributed by atoms with Crippen molar-refractivity contribution >= 4 is 55.9 Å². The molecule has 164 valence electrons. The molecule has 1 aromatic heterocycles. The second kappa shape index (κ2) is 8.66. The van der Waals surface area contributed by atoms with Gasteiger partial charge in [0.1, 0.15) is 18.8 Å². The molecule has 5 N–H and O–H groups in total. The summed E-state index contributed by atoms with van der Waals surface area (Å²) in [6, 6.07) is 4.65. The second-order valence-electron chi connectivity index (χ2n) is 6.06. The minimum atomic E-state index is -5.06. The van der Waals surface area contributed by atoms with E-state index in [-0.39, 0.29) is 20.8 Å². The number of rotatable bonds is 7. The van der Waals surface area contributed by atoms with Gasteiger partial charge < -0.3 is 21.2 Å². The lowest BCUT2D eigenvalue weighted by Gasteiger charge is -2.42. The Morgan fingerprint density at radius 2 is 2.00 bits per heavy atom. The highest BCUT2D eigenvalue weighted by Crippen LogP contribution is 2.25. The summed E-state index contributed by atoms with van der Waals surface area (Å²) >= 11 is 1.02. The SMILES string of the molecule is CON=C(C(=O)N[C@H]1C(=O)N(S(=O)(=O)O)[C@H]1C(=O)Nc1ccccc1)c1csc(N)n1. The van der Waals surface area contributed by atoms with Gasteiger partial charge in [-0.3, -0.25) is 18.9 Å². The average Bonchev–Trinajstić information content (AvgIpc) is 3.13. The summed E-state index contributed by atoms with van der Waals surface area (Å²) in [7, 11) is -3.89. The number of hydrogen-bond donors (Lipinski definition) is 4. The number of benzene rings is 1. The number of nitrogens with one attached hydrogen (secondary N) is 2. The first-order chi connectivity index (χ1) is 14.6. The van der Waals surface area contributed by atoms with Gasteiger partial charge in [0.05, 0.1) is 0 Å². The molecular formula is C16H16N6O7S2. The molecular weight excluding hydrogens is 452 g/mol. The van der Waals surface area contributed by atoms with Gasteiger partial charge in [-0.1, -0.05) is 23.4 Å². The van der Waals surface area contributed by atoms with E-state index in [0.29, 0.717) is 5.69 Å². The van der Waals surface area contributed by atoms with Gasteiger partial charge in [-0.25, -0.2) is 4.98 Å². The molecule has 0 saturated carbocycles. The molecule has 0 bridgehead atoms. The molecule has 2 atom stereocenters. The van der Waals surface area contributed by atoms with Gasteiger partial charge >= 0.3 is 10.3 Å². The molecule has 13 nitrogen and oxygen atoms in total. The van der Waals surface area contributed by atoms with Crippen LogP contribution in [0.2, 0.25) is 0 Å². The summed E-state index contributed by atoms with van der Waals surface area (Å²) in [5.41, 5.74) is 5.55. The summed E-state index contributed by atoms with van der Waals surface area (Å²) < 4.78 is 32.5. The van der Waals surface area contributed by atoms with Crippen molar-refractivity contribution in [2.24, 2.45) is 5.16 Å².